The van der Waals surface area contributed by atoms with Gasteiger partial charge in [-0.2, -0.15) is 0 Å². The minimum absolute atomic E-state index is 0.0834. The van der Waals surface area contributed by atoms with Crippen LogP contribution in [0.4, 0.5) is 10.5 Å². The molecule has 2 saturated heterocycles. The third-order valence-electron chi connectivity index (χ3n) is 5.22. The van der Waals surface area contributed by atoms with Crippen molar-refractivity contribution in [3.63, 3.8) is 0 Å². The summed E-state index contributed by atoms with van der Waals surface area (Å²) >= 11 is 5.93. The van der Waals surface area contributed by atoms with Crippen LogP contribution in [0.3, 0.4) is 0 Å². The molecule has 2 heterocycles. The zero-order valence-electron chi connectivity index (χ0n) is 15.8. The molecule has 1 aromatic rings. The molecule has 0 unspecified atom stereocenters. The molecule has 2 fully saturated rings. The van der Waals surface area contributed by atoms with Crippen molar-refractivity contribution in [2.75, 3.05) is 18.4 Å². The summed E-state index contributed by atoms with van der Waals surface area (Å²) in [7, 11) is 0. The molecule has 0 spiro atoms. The number of anilines is 1. The Hall–Kier alpha value is -2.32. The standard InChI is InChI=1S/C19H26ClN5O3/c1-11-8-12(20)5-6-14(11)24-19(28)22-13-9-16-17(26)23-15(4-2-3-7-21)18(27)25(16)10-13/h5-6,8,13,15-16H,2-4,7,9-10,21H2,1H3,(H,23,26)(H2,22,24,28)/t13-,15-,16-/m0/s1. The number of rotatable bonds is 6. The Labute approximate surface area is 169 Å². The maximum Gasteiger partial charge on any atom is 0.319 e. The molecular formula is C19H26ClN5O3. The summed E-state index contributed by atoms with van der Waals surface area (Å²) in [4.78, 5) is 39.0. The van der Waals surface area contributed by atoms with E-state index in [1.807, 2.05) is 6.92 Å². The van der Waals surface area contributed by atoms with E-state index in [0.717, 1.165) is 18.4 Å². The summed E-state index contributed by atoms with van der Waals surface area (Å²) in [5.41, 5.74) is 7.00. The second kappa shape index (κ2) is 8.79. The molecule has 0 aromatic heterocycles. The number of benzene rings is 1. The summed E-state index contributed by atoms with van der Waals surface area (Å²) in [6.07, 6.45) is 2.59. The van der Waals surface area contributed by atoms with Crippen LogP contribution in [0.5, 0.6) is 0 Å². The number of hydrogen-bond donors (Lipinski definition) is 4. The van der Waals surface area contributed by atoms with Gasteiger partial charge in [-0.15, -0.1) is 0 Å². The van der Waals surface area contributed by atoms with Crippen molar-refractivity contribution in [2.45, 2.75) is 50.7 Å². The highest BCUT2D eigenvalue weighted by atomic mass is 35.5. The van der Waals surface area contributed by atoms with E-state index in [4.69, 9.17) is 17.3 Å². The highest BCUT2D eigenvalue weighted by molar-refractivity contribution is 6.30. The first-order chi connectivity index (χ1) is 13.4. The van der Waals surface area contributed by atoms with E-state index >= 15 is 0 Å². The van der Waals surface area contributed by atoms with Crippen LogP contribution in [0.15, 0.2) is 18.2 Å². The number of nitrogens with one attached hydrogen (secondary N) is 3. The summed E-state index contributed by atoms with van der Waals surface area (Å²) in [5.74, 6) is -0.240. The molecule has 0 aliphatic carbocycles. The first-order valence-electron chi connectivity index (χ1n) is 9.53. The molecule has 1 aromatic carbocycles. The number of halogens is 1. The molecule has 5 N–H and O–H groups in total. The zero-order valence-corrected chi connectivity index (χ0v) is 16.6. The van der Waals surface area contributed by atoms with Gasteiger partial charge in [-0.05, 0) is 62.9 Å². The highest BCUT2D eigenvalue weighted by Crippen LogP contribution is 2.25. The molecule has 0 saturated carbocycles. The summed E-state index contributed by atoms with van der Waals surface area (Å²) in [6.45, 7) is 2.75. The predicted molar refractivity (Wildman–Crippen MR) is 107 cm³/mol. The second-order valence-corrected chi connectivity index (χ2v) is 7.78. The molecule has 9 heteroatoms. The smallest absolute Gasteiger partial charge is 0.319 e. The first-order valence-corrected chi connectivity index (χ1v) is 9.91. The van der Waals surface area contributed by atoms with Gasteiger partial charge >= 0.3 is 6.03 Å². The molecule has 0 bridgehead atoms. The molecule has 4 amide bonds. The number of fused-ring (bicyclic) bond motifs is 1. The van der Waals surface area contributed by atoms with Gasteiger partial charge in [0.2, 0.25) is 11.8 Å². The Bertz CT molecular complexity index is 772. The Balaban J connectivity index is 1.57. The molecule has 0 radical (unpaired) electrons. The van der Waals surface area contributed by atoms with Gasteiger partial charge in [0.25, 0.3) is 0 Å². The molecule has 2 aliphatic heterocycles. The molecule has 3 rings (SSSR count). The maximum atomic E-state index is 12.7. The fraction of sp³-hybridized carbons (Fsp3) is 0.526. The van der Waals surface area contributed by atoms with Crippen LogP contribution in [0, 0.1) is 6.92 Å². The van der Waals surface area contributed by atoms with E-state index in [2.05, 4.69) is 16.0 Å². The van der Waals surface area contributed by atoms with Gasteiger partial charge in [0.05, 0.1) is 6.04 Å². The zero-order chi connectivity index (χ0) is 20.3. The number of carbonyl (C=O) groups is 3. The molecule has 2 aliphatic rings. The van der Waals surface area contributed by atoms with Crippen molar-refractivity contribution in [1.82, 2.24) is 15.5 Å². The minimum atomic E-state index is -0.527. The van der Waals surface area contributed by atoms with Crippen molar-refractivity contribution < 1.29 is 14.4 Å². The first kappa shape index (κ1) is 20.4. The van der Waals surface area contributed by atoms with E-state index in [1.54, 1.807) is 23.1 Å². The van der Waals surface area contributed by atoms with Crippen molar-refractivity contribution >= 4 is 35.1 Å². The molecular weight excluding hydrogens is 382 g/mol. The van der Waals surface area contributed by atoms with Gasteiger partial charge in [-0.1, -0.05) is 11.6 Å². The second-order valence-electron chi connectivity index (χ2n) is 7.34. The van der Waals surface area contributed by atoms with Crippen LogP contribution in [0.25, 0.3) is 0 Å². The van der Waals surface area contributed by atoms with Crippen LogP contribution < -0.4 is 21.7 Å². The SMILES string of the molecule is Cc1cc(Cl)ccc1NC(=O)N[C@H]1C[C@H]2C(=O)N[C@@H](CCCCN)C(=O)N2C1. The topological polar surface area (TPSA) is 117 Å². The molecule has 152 valence electrons. The van der Waals surface area contributed by atoms with E-state index in [1.165, 1.54) is 0 Å². The van der Waals surface area contributed by atoms with Crippen LogP contribution >= 0.6 is 11.6 Å². The number of nitrogens with zero attached hydrogens (tertiary/aromatic N) is 1. The number of hydrogen-bond acceptors (Lipinski definition) is 4. The number of unbranched alkanes of at least 4 members (excludes halogenated alkanes) is 1. The van der Waals surface area contributed by atoms with Crippen LogP contribution in [0.1, 0.15) is 31.2 Å². The Morgan fingerprint density at radius 2 is 2.14 bits per heavy atom. The van der Waals surface area contributed by atoms with Crippen molar-refractivity contribution in [3.05, 3.63) is 28.8 Å². The quantitative estimate of drug-likeness (QED) is 0.533. The van der Waals surface area contributed by atoms with Gasteiger partial charge in [-0.3, -0.25) is 9.59 Å². The monoisotopic (exact) mass is 407 g/mol. The van der Waals surface area contributed by atoms with Crippen LogP contribution in [-0.2, 0) is 9.59 Å². The van der Waals surface area contributed by atoms with Crippen molar-refractivity contribution in [2.24, 2.45) is 5.73 Å². The van der Waals surface area contributed by atoms with E-state index < -0.39 is 12.1 Å². The fourth-order valence-corrected chi connectivity index (χ4v) is 3.99. The Morgan fingerprint density at radius 3 is 2.86 bits per heavy atom. The number of carbonyl (C=O) groups excluding carboxylic acids is 3. The lowest BCUT2D eigenvalue weighted by Gasteiger charge is -2.34. The average Bonchev–Trinajstić information content (AvgIpc) is 3.06. The third kappa shape index (κ3) is 4.56. The van der Waals surface area contributed by atoms with Gasteiger partial charge < -0.3 is 26.6 Å². The number of urea groups is 1. The summed E-state index contributed by atoms with van der Waals surface area (Å²) in [6, 6.07) is 3.52. The van der Waals surface area contributed by atoms with E-state index in [-0.39, 0.29) is 23.9 Å². The number of nitrogens with two attached hydrogens (primary N) is 1. The van der Waals surface area contributed by atoms with Gasteiger partial charge in [0.15, 0.2) is 0 Å². The van der Waals surface area contributed by atoms with E-state index in [0.29, 0.717) is 36.6 Å². The van der Waals surface area contributed by atoms with Crippen molar-refractivity contribution in [1.29, 1.82) is 0 Å². The molecule has 8 nitrogen and oxygen atoms in total. The van der Waals surface area contributed by atoms with Crippen LogP contribution in [-0.4, -0.2) is 54.0 Å². The van der Waals surface area contributed by atoms with Crippen LogP contribution in [0.2, 0.25) is 5.02 Å². The van der Waals surface area contributed by atoms with E-state index in [9.17, 15) is 14.4 Å². The lowest BCUT2D eigenvalue weighted by molar-refractivity contribution is -0.147. The Morgan fingerprint density at radius 1 is 1.36 bits per heavy atom. The minimum Gasteiger partial charge on any atom is -0.343 e. The lowest BCUT2D eigenvalue weighted by atomic mass is 10.0. The maximum absolute atomic E-state index is 12.7. The Kier molecular flexibility index (Phi) is 6.41. The van der Waals surface area contributed by atoms with Gasteiger partial charge in [0.1, 0.15) is 12.1 Å². The fourth-order valence-electron chi connectivity index (χ4n) is 3.76. The average molecular weight is 408 g/mol. The summed E-state index contributed by atoms with van der Waals surface area (Å²) in [5, 5.41) is 9.06. The highest BCUT2D eigenvalue weighted by Gasteiger charge is 2.46. The number of piperazine rings is 1. The number of amides is 4. The third-order valence-corrected chi connectivity index (χ3v) is 5.46. The molecule has 28 heavy (non-hydrogen) atoms. The normalized spacial score (nSPS) is 24.0. The van der Waals surface area contributed by atoms with Gasteiger partial charge in [0, 0.05) is 17.3 Å². The number of aryl methyl sites for hydroxylation is 1. The predicted octanol–water partition coefficient (Wildman–Crippen LogP) is 1.37. The summed E-state index contributed by atoms with van der Waals surface area (Å²) < 4.78 is 0. The van der Waals surface area contributed by atoms with Gasteiger partial charge in [-0.25, -0.2) is 4.79 Å². The lowest BCUT2D eigenvalue weighted by Crippen LogP contribution is -2.61. The molecule has 3 atom stereocenters. The largest absolute Gasteiger partial charge is 0.343 e. The van der Waals surface area contributed by atoms with Crippen molar-refractivity contribution in [3.8, 4) is 0 Å².